The third-order valence-corrected chi connectivity index (χ3v) is 4.55. The van der Waals surface area contributed by atoms with Crippen LogP contribution in [0.2, 0.25) is 0 Å². The third-order valence-electron chi connectivity index (χ3n) is 4.55. The van der Waals surface area contributed by atoms with Crippen LogP contribution >= 0.6 is 0 Å². The van der Waals surface area contributed by atoms with E-state index in [0.717, 1.165) is 5.56 Å². The molecule has 2 aromatic carbocycles. The van der Waals surface area contributed by atoms with Crippen molar-refractivity contribution in [3.8, 4) is 6.07 Å². The molecule has 5 heteroatoms. The van der Waals surface area contributed by atoms with E-state index in [0.29, 0.717) is 22.5 Å². The Balaban J connectivity index is 1.72. The summed E-state index contributed by atoms with van der Waals surface area (Å²) in [6.07, 6.45) is 1.60. The molecule has 0 aliphatic heterocycles. The number of amides is 1. The number of hydrogen-bond donors (Lipinski definition) is 1. The summed E-state index contributed by atoms with van der Waals surface area (Å²) in [7, 11) is 0. The number of fused-ring (bicyclic) bond motifs is 1. The van der Waals surface area contributed by atoms with Crippen LogP contribution in [0.1, 0.15) is 49.4 Å². The molecule has 1 heterocycles. The lowest BCUT2D eigenvalue weighted by Crippen LogP contribution is -2.30. The van der Waals surface area contributed by atoms with Gasteiger partial charge in [0.2, 0.25) is 5.91 Å². The molecule has 26 heavy (non-hydrogen) atoms. The van der Waals surface area contributed by atoms with Gasteiger partial charge in [0.05, 0.1) is 29.0 Å². The van der Waals surface area contributed by atoms with Gasteiger partial charge in [0.1, 0.15) is 12.6 Å². The van der Waals surface area contributed by atoms with E-state index in [1.807, 2.05) is 13.0 Å². The second kappa shape index (κ2) is 7.40. The summed E-state index contributed by atoms with van der Waals surface area (Å²) in [5.74, 6) is 0.371. The number of nitrogens with zero attached hydrogens (tertiary/aromatic N) is 3. The second-order valence-electron chi connectivity index (χ2n) is 6.77. The van der Waals surface area contributed by atoms with Crippen molar-refractivity contribution in [1.82, 2.24) is 14.9 Å². The summed E-state index contributed by atoms with van der Waals surface area (Å²) in [6.45, 7) is 6.41. The quantitative estimate of drug-likeness (QED) is 0.761. The third kappa shape index (κ3) is 3.60. The summed E-state index contributed by atoms with van der Waals surface area (Å²) in [5, 5.41) is 12.3. The van der Waals surface area contributed by atoms with Gasteiger partial charge in [-0.25, -0.2) is 4.98 Å². The van der Waals surface area contributed by atoms with Crippen LogP contribution in [0.25, 0.3) is 11.0 Å². The monoisotopic (exact) mass is 346 g/mol. The molecular weight excluding hydrogens is 324 g/mol. The number of aromatic nitrogens is 2. The van der Waals surface area contributed by atoms with Gasteiger partial charge in [-0.2, -0.15) is 5.26 Å². The lowest BCUT2D eigenvalue weighted by atomic mass is 9.99. The Hall–Kier alpha value is -3.13. The highest BCUT2D eigenvalue weighted by molar-refractivity contribution is 5.84. The van der Waals surface area contributed by atoms with Crippen LogP contribution in [0.15, 0.2) is 48.8 Å². The second-order valence-corrected chi connectivity index (χ2v) is 6.77. The van der Waals surface area contributed by atoms with Gasteiger partial charge in [-0.05, 0) is 36.1 Å². The Bertz CT molecular complexity index is 964. The zero-order valence-electron chi connectivity index (χ0n) is 15.2. The number of para-hydroxylation sites is 1. The Morgan fingerprint density at radius 3 is 2.50 bits per heavy atom. The van der Waals surface area contributed by atoms with Crippen LogP contribution in [-0.2, 0) is 11.3 Å². The average Bonchev–Trinajstić information content (AvgIpc) is 3.04. The molecule has 0 radical (unpaired) electrons. The van der Waals surface area contributed by atoms with Gasteiger partial charge in [-0.15, -0.1) is 0 Å². The number of rotatable bonds is 5. The molecule has 1 unspecified atom stereocenters. The van der Waals surface area contributed by atoms with Crippen molar-refractivity contribution in [2.75, 3.05) is 0 Å². The van der Waals surface area contributed by atoms with Crippen LogP contribution in [0, 0.1) is 11.3 Å². The molecule has 3 rings (SSSR count). The number of imidazole rings is 1. The van der Waals surface area contributed by atoms with Crippen LogP contribution in [0.4, 0.5) is 0 Å². The molecule has 3 aromatic rings. The Morgan fingerprint density at radius 2 is 1.85 bits per heavy atom. The first kappa shape index (κ1) is 17.7. The minimum atomic E-state index is -0.113. The van der Waals surface area contributed by atoms with Gasteiger partial charge in [0.25, 0.3) is 0 Å². The molecule has 5 nitrogen and oxygen atoms in total. The zero-order chi connectivity index (χ0) is 18.7. The molecule has 1 atom stereocenters. The lowest BCUT2D eigenvalue weighted by Gasteiger charge is -2.16. The fraction of sp³-hybridized carbons (Fsp3) is 0.286. The van der Waals surface area contributed by atoms with E-state index < -0.39 is 0 Å². The predicted octanol–water partition coefficient (Wildman–Crippen LogP) is 3.91. The summed E-state index contributed by atoms with van der Waals surface area (Å²) in [4.78, 5) is 16.7. The topological polar surface area (TPSA) is 70.7 Å². The van der Waals surface area contributed by atoms with Crippen molar-refractivity contribution >= 4 is 16.9 Å². The highest BCUT2D eigenvalue weighted by Crippen LogP contribution is 2.19. The van der Waals surface area contributed by atoms with Crippen LogP contribution in [-0.4, -0.2) is 15.5 Å². The SMILES string of the molecule is CC(C)c1ccc(C(C)NC(=O)Cn2cnc3cccc(C#N)c32)cc1. The molecule has 1 amide bonds. The maximum Gasteiger partial charge on any atom is 0.240 e. The minimum absolute atomic E-state index is 0.0889. The standard InChI is InChI=1S/C21H22N4O/c1-14(2)16-7-9-17(10-8-16)15(3)24-20(26)12-25-13-23-19-6-4-5-18(11-22)21(19)25/h4-10,13-15H,12H2,1-3H3,(H,24,26). The van der Waals surface area contributed by atoms with Crippen molar-refractivity contribution in [2.45, 2.75) is 39.3 Å². The first-order valence-corrected chi connectivity index (χ1v) is 8.72. The number of nitriles is 1. The lowest BCUT2D eigenvalue weighted by molar-refractivity contribution is -0.122. The molecule has 0 bridgehead atoms. The molecule has 1 aromatic heterocycles. The summed E-state index contributed by atoms with van der Waals surface area (Å²) < 4.78 is 1.72. The minimum Gasteiger partial charge on any atom is -0.348 e. The van der Waals surface area contributed by atoms with Crippen molar-refractivity contribution in [3.63, 3.8) is 0 Å². The molecule has 0 aliphatic rings. The fourth-order valence-corrected chi connectivity index (χ4v) is 3.03. The molecule has 0 saturated heterocycles. The number of carbonyl (C=O) groups is 1. The molecule has 132 valence electrons. The molecule has 1 N–H and O–H groups in total. The van der Waals surface area contributed by atoms with E-state index in [9.17, 15) is 10.1 Å². The van der Waals surface area contributed by atoms with E-state index in [1.54, 1.807) is 23.0 Å². The van der Waals surface area contributed by atoms with Gasteiger partial charge >= 0.3 is 0 Å². The maximum absolute atomic E-state index is 12.5. The van der Waals surface area contributed by atoms with E-state index in [1.165, 1.54) is 5.56 Å². The summed E-state index contributed by atoms with van der Waals surface area (Å²) in [5.41, 5.74) is 4.27. The highest BCUT2D eigenvalue weighted by atomic mass is 16.2. The average molecular weight is 346 g/mol. The van der Waals surface area contributed by atoms with E-state index in [2.05, 4.69) is 54.5 Å². The number of nitrogens with one attached hydrogen (secondary N) is 1. The van der Waals surface area contributed by atoms with Gasteiger partial charge in [0, 0.05) is 0 Å². The summed E-state index contributed by atoms with van der Waals surface area (Å²) >= 11 is 0. The molecule has 0 spiro atoms. The first-order valence-electron chi connectivity index (χ1n) is 8.72. The smallest absolute Gasteiger partial charge is 0.240 e. The van der Waals surface area contributed by atoms with Crippen molar-refractivity contribution in [1.29, 1.82) is 5.26 Å². The largest absolute Gasteiger partial charge is 0.348 e. The maximum atomic E-state index is 12.5. The Morgan fingerprint density at radius 1 is 1.15 bits per heavy atom. The fourth-order valence-electron chi connectivity index (χ4n) is 3.03. The number of carbonyl (C=O) groups excluding carboxylic acids is 1. The van der Waals surface area contributed by atoms with Gasteiger partial charge in [0.15, 0.2) is 0 Å². The first-order chi connectivity index (χ1) is 12.5. The Labute approximate surface area is 153 Å². The van der Waals surface area contributed by atoms with E-state index in [-0.39, 0.29) is 18.5 Å². The molecular formula is C21H22N4O. The number of hydrogen-bond acceptors (Lipinski definition) is 3. The molecule has 0 saturated carbocycles. The van der Waals surface area contributed by atoms with Crippen molar-refractivity contribution in [2.24, 2.45) is 0 Å². The van der Waals surface area contributed by atoms with Crippen LogP contribution in [0.5, 0.6) is 0 Å². The van der Waals surface area contributed by atoms with Gasteiger partial charge in [-0.3, -0.25) is 4.79 Å². The normalized spacial score (nSPS) is 12.1. The zero-order valence-corrected chi connectivity index (χ0v) is 15.2. The highest BCUT2D eigenvalue weighted by Gasteiger charge is 2.13. The van der Waals surface area contributed by atoms with Crippen LogP contribution in [0.3, 0.4) is 0 Å². The van der Waals surface area contributed by atoms with Crippen molar-refractivity contribution < 1.29 is 4.79 Å². The Kier molecular flexibility index (Phi) is 5.04. The molecule has 0 fully saturated rings. The number of benzene rings is 2. The molecule has 0 aliphatic carbocycles. The predicted molar refractivity (Wildman–Crippen MR) is 102 cm³/mol. The van der Waals surface area contributed by atoms with E-state index in [4.69, 9.17) is 0 Å². The van der Waals surface area contributed by atoms with Crippen molar-refractivity contribution in [3.05, 3.63) is 65.5 Å². The summed E-state index contributed by atoms with van der Waals surface area (Å²) in [6, 6.07) is 15.7. The van der Waals surface area contributed by atoms with Gasteiger partial charge < -0.3 is 9.88 Å². The van der Waals surface area contributed by atoms with Gasteiger partial charge in [-0.1, -0.05) is 44.2 Å². The van der Waals surface area contributed by atoms with Crippen LogP contribution < -0.4 is 5.32 Å². The van der Waals surface area contributed by atoms with E-state index >= 15 is 0 Å².